The van der Waals surface area contributed by atoms with Crippen molar-refractivity contribution in [2.75, 3.05) is 11.5 Å². The molecule has 0 aliphatic heterocycles. The molecule has 1 aliphatic rings. The molecular weight excluding hydrogens is 597 g/mol. The molecule has 1 fully saturated rings. The molecule has 0 amide bonds. The fourth-order valence-electron chi connectivity index (χ4n) is 5.34. The van der Waals surface area contributed by atoms with Crippen LogP contribution in [-0.2, 0) is 17.0 Å². The molecule has 0 saturated heterocycles. The van der Waals surface area contributed by atoms with Crippen molar-refractivity contribution >= 4 is 62.5 Å². The summed E-state index contributed by atoms with van der Waals surface area (Å²) in [5, 5.41) is 20.8. The number of carbonyl (C=O) groups is 1. The first-order chi connectivity index (χ1) is 19.6. The number of halogens is 2. The maximum absolute atomic E-state index is 11.3. The summed E-state index contributed by atoms with van der Waals surface area (Å²) < 4.78 is 7.61. The van der Waals surface area contributed by atoms with Gasteiger partial charge in [0.1, 0.15) is 16.5 Å². The Morgan fingerprint density at radius 1 is 1.10 bits per heavy atom. The number of aliphatic hydroxyl groups is 1. The van der Waals surface area contributed by atoms with E-state index < -0.39 is 11.6 Å². The zero-order valence-electron chi connectivity index (χ0n) is 23.0. The molecule has 2 aromatic heterocycles. The van der Waals surface area contributed by atoms with Crippen LogP contribution in [-0.4, -0.2) is 32.7 Å². The van der Waals surface area contributed by atoms with Crippen LogP contribution in [0.4, 0.5) is 0 Å². The summed E-state index contributed by atoms with van der Waals surface area (Å²) in [5.74, 6) is 1.50. The van der Waals surface area contributed by atoms with Gasteiger partial charge in [-0.3, -0.25) is 4.79 Å². The van der Waals surface area contributed by atoms with Crippen LogP contribution in [0.3, 0.4) is 0 Å². The zero-order valence-corrected chi connectivity index (χ0v) is 26.2. The highest BCUT2D eigenvalue weighted by Gasteiger charge is 2.44. The summed E-state index contributed by atoms with van der Waals surface area (Å²) in [7, 11) is 0. The van der Waals surface area contributed by atoms with E-state index in [0.29, 0.717) is 27.4 Å². The van der Waals surface area contributed by atoms with Gasteiger partial charge in [0.05, 0.1) is 21.7 Å². The summed E-state index contributed by atoms with van der Waals surface area (Å²) >= 11 is 15.8. The van der Waals surface area contributed by atoms with Crippen molar-refractivity contribution in [1.82, 2.24) is 4.98 Å². The Hall–Kier alpha value is -2.29. The van der Waals surface area contributed by atoms with Crippen LogP contribution in [0, 0.1) is 5.41 Å². The maximum atomic E-state index is 11.3. The molecule has 1 saturated carbocycles. The lowest BCUT2D eigenvalue weighted by Gasteiger charge is -2.28. The van der Waals surface area contributed by atoms with Crippen LogP contribution in [0.5, 0.6) is 5.88 Å². The summed E-state index contributed by atoms with van der Waals surface area (Å²) in [6, 6.07) is 20.1. The van der Waals surface area contributed by atoms with Crippen LogP contribution in [0.25, 0.3) is 10.2 Å². The number of carboxylic acid groups (broad SMARTS) is 1. The number of aliphatic carboxylic acids is 1. The van der Waals surface area contributed by atoms with Gasteiger partial charge in [-0.1, -0.05) is 71.7 Å². The van der Waals surface area contributed by atoms with Crippen LogP contribution in [0.15, 0.2) is 60.7 Å². The van der Waals surface area contributed by atoms with E-state index in [9.17, 15) is 15.0 Å². The largest absolute Gasteiger partial charge is 0.481 e. The van der Waals surface area contributed by atoms with E-state index in [1.165, 1.54) is 11.3 Å². The number of hydrogen-bond donors (Lipinski definition) is 2. The predicted octanol–water partition coefficient (Wildman–Crippen LogP) is 8.92. The molecule has 2 heterocycles. The fraction of sp³-hybridized carbons (Fsp3) is 0.375. The Balaban J connectivity index is 1.40. The van der Waals surface area contributed by atoms with Gasteiger partial charge < -0.3 is 14.9 Å². The van der Waals surface area contributed by atoms with Gasteiger partial charge in [-0.25, -0.2) is 4.98 Å². The molecule has 5 rings (SSSR count). The number of nitrogens with zero attached hydrogens (tertiary/aromatic N) is 1. The maximum Gasteiger partial charge on any atom is 0.303 e. The second-order valence-electron chi connectivity index (χ2n) is 11.3. The highest BCUT2D eigenvalue weighted by atomic mass is 35.5. The summed E-state index contributed by atoms with van der Waals surface area (Å²) in [6.07, 6.45) is 3.05. The number of thiophene rings is 1. The lowest BCUT2D eigenvalue weighted by atomic mass is 9.80. The second-order valence-corrected chi connectivity index (χ2v) is 14.4. The Morgan fingerprint density at radius 3 is 2.51 bits per heavy atom. The highest BCUT2D eigenvalue weighted by molar-refractivity contribution is 7.99. The zero-order chi connectivity index (χ0) is 29.2. The minimum absolute atomic E-state index is 0.0140. The number of hydrogen-bond acceptors (Lipinski definition) is 6. The van der Waals surface area contributed by atoms with Gasteiger partial charge in [-0.2, -0.15) is 11.8 Å². The Bertz CT molecular complexity index is 1540. The van der Waals surface area contributed by atoms with E-state index in [0.717, 1.165) is 57.7 Å². The first kappa shape index (κ1) is 30.2. The van der Waals surface area contributed by atoms with Gasteiger partial charge >= 0.3 is 5.97 Å². The smallest absolute Gasteiger partial charge is 0.303 e. The van der Waals surface area contributed by atoms with Crippen LogP contribution >= 0.6 is 46.3 Å². The molecular formula is C32H33Cl2NO4S2. The fourth-order valence-corrected chi connectivity index (χ4v) is 8.12. The molecule has 0 bridgehead atoms. The van der Waals surface area contributed by atoms with Crippen molar-refractivity contribution in [2.45, 2.75) is 57.7 Å². The molecule has 1 unspecified atom stereocenters. The molecule has 4 aromatic rings. The van der Waals surface area contributed by atoms with Crippen LogP contribution in [0.1, 0.15) is 67.7 Å². The van der Waals surface area contributed by atoms with Crippen molar-refractivity contribution in [1.29, 1.82) is 0 Å². The van der Waals surface area contributed by atoms with Crippen LogP contribution < -0.4 is 4.74 Å². The van der Waals surface area contributed by atoms with Gasteiger partial charge in [0.2, 0.25) is 5.88 Å². The number of fused-ring (bicyclic) bond motifs is 1. The standard InChI is InChI=1S/C32H33Cl2NO4S2/c1-31(2,38)24-10-6-5-9-23(24)22(13-16-40-19-32(14-15-32)17-27(36)37)21-8-4-3-7-20(21)18-39-26-12-11-25-29(35-26)28(33)30(34)41-25/h3-12,22,38H,13-19H2,1-2H3,(H,36,37). The van der Waals surface area contributed by atoms with E-state index in [2.05, 4.69) is 23.2 Å². The van der Waals surface area contributed by atoms with Gasteiger partial charge in [0, 0.05) is 12.0 Å². The summed E-state index contributed by atoms with van der Waals surface area (Å²) in [4.78, 5) is 15.9. The van der Waals surface area contributed by atoms with Crippen LogP contribution in [0.2, 0.25) is 9.36 Å². The molecule has 1 aliphatic carbocycles. The Morgan fingerprint density at radius 2 is 1.80 bits per heavy atom. The van der Waals surface area contributed by atoms with Gasteiger partial charge in [0.25, 0.3) is 0 Å². The summed E-state index contributed by atoms with van der Waals surface area (Å²) in [6.45, 7) is 3.96. The molecule has 0 spiro atoms. The first-order valence-electron chi connectivity index (χ1n) is 13.6. The number of benzene rings is 2. The lowest BCUT2D eigenvalue weighted by Crippen LogP contribution is -2.20. The number of thioether (sulfide) groups is 1. The molecule has 2 N–H and O–H groups in total. The Labute approximate surface area is 258 Å². The van der Waals surface area contributed by atoms with E-state index in [1.54, 1.807) is 0 Å². The predicted molar refractivity (Wildman–Crippen MR) is 170 cm³/mol. The topological polar surface area (TPSA) is 79.7 Å². The van der Waals surface area contributed by atoms with Crippen molar-refractivity contribution < 1.29 is 19.7 Å². The number of carboxylic acids is 1. The third-order valence-electron chi connectivity index (χ3n) is 7.66. The molecule has 216 valence electrons. The van der Waals surface area contributed by atoms with Gasteiger partial charge in [-0.15, -0.1) is 11.3 Å². The molecule has 9 heteroatoms. The number of ether oxygens (including phenoxy) is 1. The number of rotatable bonds is 13. The number of aromatic nitrogens is 1. The molecule has 2 aromatic carbocycles. The van der Waals surface area contributed by atoms with Crippen molar-refractivity contribution in [3.63, 3.8) is 0 Å². The quantitative estimate of drug-likeness (QED) is 0.144. The van der Waals surface area contributed by atoms with Crippen molar-refractivity contribution in [2.24, 2.45) is 5.41 Å². The SMILES string of the molecule is CC(C)(O)c1ccccc1C(CCSCC1(CC(=O)O)CC1)c1ccccc1COc1ccc2sc(Cl)c(Cl)c2n1. The average molecular weight is 631 g/mol. The van der Waals surface area contributed by atoms with E-state index >= 15 is 0 Å². The Kier molecular flexibility index (Phi) is 9.22. The lowest BCUT2D eigenvalue weighted by molar-refractivity contribution is -0.138. The second kappa shape index (κ2) is 12.5. The van der Waals surface area contributed by atoms with Gasteiger partial charge in [-0.05, 0) is 78.4 Å². The third kappa shape index (κ3) is 7.20. The van der Waals surface area contributed by atoms with Crippen molar-refractivity contribution in [3.8, 4) is 5.88 Å². The molecule has 5 nitrogen and oxygen atoms in total. The van der Waals surface area contributed by atoms with Crippen molar-refractivity contribution in [3.05, 3.63) is 92.3 Å². The van der Waals surface area contributed by atoms with Gasteiger partial charge in [0.15, 0.2) is 0 Å². The minimum atomic E-state index is -1.01. The first-order valence-corrected chi connectivity index (χ1v) is 16.4. The third-order valence-corrected chi connectivity index (χ3v) is 10.9. The molecule has 41 heavy (non-hydrogen) atoms. The molecule has 1 atom stereocenters. The normalized spacial score (nSPS) is 15.1. The molecule has 0 radical (unpaired) electrons. The average Bonchev–Trinajstić information content (AvgIpc) is 3.63. The minimum Gasteiger partial charge on any atom is -0.481 e. The summed E-state index contributed by atoms with van der Waals surface area (Å²) in [5.41, 5.74) is 3.73. The van der Waals surface area contributed by atoms with E-state index in [-0.39, 0.29) is 17.8 Å². The monoisotopic (exact) mass is 629 g/mol. The highest BCUT2D eigenvalue weighted by Crippen LogP contribution is 2.51. The van der Waals surface area contributed by atoms with E-state index in [4.69, 9.17) is 27.9 Å². The number of pyridine rings is 1. The van der Waals surface area contributed by atoms with E-state index in [1.807, 2.05) is 68.1 Å².